The first kappa shape index (κ1) is 12.9. The SMILES string of the molecule is C1CCC(CNC2CC2)C(C2CCCOC2)CC1. The maximum absolute atomic E-state index is 5.74. The predicted molar refractivity (Wildman–Crippen MR) is 74.6 cm³/mol. The molecule has 0 bridgehead atoms. The summed E-state index contributed by atoms with van der Waals surface area (Å²) in [6, 6.07) is 0.872. The lowest BCUT2D eigenvalue weighted by molar-refractivity contribution is 0.0143. The number of ether oxygens (including phenoxy) is 1. The molecule has 1 saturated heterocycles. The van der Waals surface area contributed by atoms with Crippen molar-refractivity contribution < 1.29 is 4.74 Å². The van der Waals surface area contributed by atoms with Crippen molar-refractivity contribution in [1.29, 1.82) is 0 Å². The molecule has 3 unspecified atom stereocenters. The minimum Gasteiger partial charge on any atom is -0.381 e. The summed E-state index contributed by atoms with van der Waals surface area (Å²) in [5.74, 6) is 2.74. The summed E-state index contributed by atoms with van der Waals surface area (Å²) < 4.78 is 5.74. The smallest absolute Gasteiger partial charge is 0.0497 e. The van der Waals surface area contributed by atoms with Crippen LogP contribution in [0, 0.1) is 17.8 Å². The van der Waals surface area contributed by atoms with Gasteiger partial charge in [-0.2, -0.15) is 0 Å². The molecule has 2 aliphatic carbocycles. The maximum atomic E-state index is 5.74. The summed E-state index contributed by atoms with van der Waals surface area (Å²) in [5, 5.41) is 3.78. The van der Waals surface area contributed by atoms with Crippen LogP contribution in [0.15, 0.2) is 0 Å². The molecule has 3 rings (SSSR count). The zero-order chi connectivity index (χ0) is 12.2. The molecule has 18 heavy (non-hydrogen) atoms. The van der Waals surface area contributed by atoms with Crippen molar-refractivity contribution in [2.75, 3.05) is 19.8 Å². The zero-order valence-electron chi connectivity index (χ0n) is 11.7. The molecule has 1 N–H and O–H groups in total. The minimum absolute atomic E-state index is 0.864. The van der Waals surface area contributed by atoms with Gasteiger partial charge in [0.1, 0.15) is 0 Å². The number of hydrogen-bond donors (Lipinski definition) is 1. The molecule has 3 fully saturated rings. The number of nitrogens with one attached hydrogen (secondary N) is 1. The molecule has 0 aromatic rings. The molecule has 0 aromatic heterocycles. The Morgan fingerprint density at radius 3 is 2.56 bits per heavy atom. The van der Waals surface area contributed by atoms with Crippen molar-refractivity contribution in [1.82, 2.24) is 5.32 Å². The van der Waals surface area contributed by atoms with Crippen LogP contribution in [-0.2, 0) is 4.74 Å². The van der Waals surface area contributed by atoms with Gasteiger partial charge in [0.15, 0.2) is 0 Å². The molecule has 3 atom stereocenters. The van der Waals surface area contributed by atoms with Crippen LogP contribution in [0.2, 0.25) is 0 Å². The van der Waals surface area contributed by atoms with E-state index in [1.54, 1.807) is 0 Å². The highest BCUT2D eigenvalue weighted by atomic mass is 16.5. The van der Waals surface area contributed by atoms with Crippen molar-refractivity contribution in [2.45, 2.75) is 63.8 Å². The van der Waals surface area contributed by atoms with Crippen molar-refractivity contribution in [2.24, 2.45) is 17.8 Å². The van der Waals surface area contributed by atoms with Crippen LogP contribution in [0.25, 0.3) is 0 Å². The standard InChI is InChI=1S/C16H29NO/c1-2-5-13(11-17-15-8-9-15)16(7-3-1)14-6-4-10-18-12-14/h13-17H,1-12H2. The Balaban J connectivity index is 1.57. The minimum atomic E-state index is 0.864. The van der Waals surface area contributed by atoms with Gasteiger partial charge in [0.2, 0.25) is 0 Å². The van der Waals surface area contributed by atoms with Gasteiger partial charge in [-0.3, -0.25) is 0 Å². The van der Waals surface area contributed by atoms with E-state index in [0.717, 1.165) is 37.0 Å². The highest BCUT2D eigenvalue weighted by Gasteiger charge is 2.32. The Kier molecular flexibility index (Phi) is 4.58. The summed E-state index contributed by atoms with van der Waals surface area (Å²) in [4.78, 5) is 0. The van der Waals surface area contributed by atoms with E-state index in [2.05, 4.69) is 5.32 Å². The lowest BCUT2D eigenvalue weighted by Gasteiger charge is -2.35. The van der Waals surface area contributed by atoms with Gasteiger partial charge in [-0.25, -0.2) is 0 Å². The van der Waals surface area contributed by atoms with Crippen molar-refractivity contribution in [3.63, 3.8) is 0 Å². The van der Waals surface area contributed by atoms with E-state index in [1.165, 1.54) is 64.3 Å². The average molecular weight is 251 g/mol. The molecule has 1 heterocycles. The van der Waals surface area contributed by atoms with Crippen LogP contribution in [0.1, 0.15) is 57.8 Å². The Labute approximate surface area is 112 Å². The molecule has 2 nitrogen and oxygen atoms in total. The first-order valence-electron chi connectivity index (χ1n) is 8.24. The summed E-state index contributed by atoms with van der Waals surface area (Å²) in [6.07, 6.45) is 12.9. The molecular formula is C16H29NO. The first-order valence-corrected chi connectivity index (χ1v) is 8.24. The third-order valence-electron chi connectivity index (χ3n) is 5.26. The fourth-order valence-electron chi connectivity index (χ4n) is 4.00. The third kappa shape index (κ3) is 3.48. The number of rotatable bonds is 4. The van der Waals surface area contributed by atoms with Crippen LogP contribution in [0.5, 0.6) is 0 Å². The average Bonchev–Trinajstić information content (AvgIpc) is 3.24. The number of hydrogen-bond acceptors (Lipinski definition) is 2. The third-order valence-corrected chi connectivity index (χ3v) is 5.26. The van der Waals surface area contributed by atoms with Gasteiger partial charge < -0.3 is 10.1 Å². The van der Waals surface area contributed by atoms with Crippen LogP contribution in [-0.4, -0.2) is 25.8 Å². The fraction of sp³-hybridized carbons (Fsp3) is 1.00. The molecule has 1 aliphatic heterocycles. The summed E-state index contributed by atoms with van der Waals surface area (Å²) in [5.41, 5.74) is 0. The monoisotopic (exact) mass is 251 g/mol. The largest absolute Gasteiger partial charge is 0.381 e. The van der Waals surface area contributed by atoms with E-state index in [0.29, 0.717) is 0 Å². The molecular weight excluding hydrogens is 222 g/mol. The lowest BCUT2D eigenvalue weighted by atomic mass is 9.76. The molecule has 0 amide bonds. The molecule has 0 aromatic carbocycles. The van der Waals surface area contributed by atoms with E-state index in [4.69, 9.17) is 4.74 Å². The van der Waals surface area contributed by atoms with Crippen LogP contribution >= 0.6 is 0 Å². The fourth-order valence-corrected chi connectivity index (χ4v) is 4.00. The van der Waals surface area contributed by atoms with Gasteiger partial charge in [0.05, 0.1) is 0 Å². The topological polar surface area (TPSA) is 21.3 Å². The maximum Gasteiger partial charge on any atom is 0.0497 e. The van der Waals surface area contributed by atoms with Gasteiger partial charge >= 0.3 is 0 Å². The van der Waals surface area contributed by atoms with Gasteiger partial charge in [-0.15, -0.1) is 0 Å². The van der Waals surface area contributed by atoms with Gasteiger partial charge in [0, 0.05) is 19.3 Å². The van der Waals surface area contributed by atoms with Gasteiger partial charge in [-0.05, 0) is 62.8 Å². The van der Waals surface area contributed by atoms with Crippen LogP contribution in [0.4, 0.5) is 0 Å². The highest BCUT2D eigenvalue weighted by Crippen LogP contribution is 2.37. The first-order chi connectivity index (χ1) is 8.93. The van der Waals surface area contributed by atoms with Gasteiger partial charge in [0.25, 0.3) is 0 Å². The molecule has 2 saturated carbocycles. The van der Waals surface area contributed by atoms with Crippen molar-refractivity contribution in [3.05, 3.63) is 0 Å². The molecule has 104 valence electrons. The van der Waals surface area contributed by atoms with E-state index >= 15 is 0 Å². The summed E-state index contributed by atoms with van der Waals surface area (Å²) >= 11 is 0. The second-order valence-electron chi connectivity index (χ2n) is 6.72. The molecule has 0 radical (unpaired) electrons. The second kappa shape index (κ2) is 6.38. The van der Waals surface area contributed by atoms with E-state index < -0.39 is 0 Å². The van der Waals surface area contributed by atoms with Crippen LogP contribution < -0.4 is 5.32 Å². The summed E-state index contributed by atoms with van der Waals surface area (Å²) in [7, 11) is 0. The van der Waals surface area contributed by atoms with Crippen LogP contribution in [0.3, 0.4) is 0 Å². The second-order valence-corrected chi connectivity index (χ2v) is 6.72. The Hall–Kier alpha value is -0.0800. The summed E-state index contributed by atoms with van der Waals surface area (Å²) in [6.45, 7) is 3.34. The Morgan fingerprint density at radius 1 is 0.889 bits per heavy atom. The molecule has 3 aliphatic rings. The predicted octanol–water partition coefficient (Wildman–Crippen LogP) is 3.36. The zero-order valence-corrected chi connectivity index (χ0v) is 11.7. The van der Waals surface area contributed by atoms with Crippen molar-refractivity contribution >= 4 is 0 Å². The molecule has 0 spiro atoms. The quantitative estimate of drug-likeness (QED) is 0.774. The van der Waals surface area contributed by atoms with E-state index in [9.17, 15) is 0 Å². The Morgan fingerprint density at radius 2 is 1.78 bits per heavy atom. The van der Waals surface area contributed by atoms with E-state index in [-0.39, 0.29) is 0 Å². The van der Waals surface area contributed by atoms with Gasteiger partial charge in [-0.1, -0.05) is 19.3 Å². The van der Waals surface area contributed by atoms with Crippen molar-refractivity contribution in [3.8, 4) is 0 Å². The normalized spacial score (nSPS) is 38.3. The Bertz CT molecular complexity index is 245. The molecule has 2 heteroatoms. The van der Waals surface area contributed by atoms with E-state index in [1.807, 2.05) is 0 Å². The lowest BCUT2D eigenvalue weighted by Crippen LogP contribution is -2.35. The highest BCUT2D eigenvalue weighted by molar-refractivity contribution is 4.86.